The Balaban J connectivity index is 1.92. The minimum atomic E-state index is -0.243. The molecule has 4 nitrogen and oxygen atoms in total. The van der Waals surface area contributed by atoms with Crippen LogP contribution in [0.15, 0.2) is 24.3 Å². The normalized spacial score (nSPS) is 32.9. The van der Waals surface area contributed by atoms with E-state index in [0.717, 1.165) is 29.4 Å². The van der Waals surface area contributed by atoms with Crippen molar-refractivity contribution in [2.24, 2.45) is 0 Å². The molecule has 0 amide bonds. The highest BCUT2D eigenvalue weighted by Crippen LogP contribution is 2.41. The largest absolute Gasteiger partial charge is 0.317 e. The molecule has 2 unspecified atom stereocenters. The summed E-state index contributed by atoms with van der Waals surface area (Å²) in [7, 11) is 2.30. The van der Waals surface area contributed by atoms with Crippen LogP contribution in [0, 0.1) is 16.5 Å². The first kappa shape index (κ1) is 13.6. The molecule has 2 aliphatic heterocycles. The van der Waals surface area contributed by atoms with Gasteiger partial charge in [-0.05, 0) is 31.7 Å². The van der Waals surface area contributed by atoms with Crippen molar-refractivity contribution >= 4 is 5.69 Å². The quantitative estimate of drug-likeness (QED) is 0.481. The van der Waals surface area contributed by atoms with Crippen molar-refractivity contribution < 1.29 is 9.41 Å². The summed E-state index contributed by atoms with van der Waals surface area (Å²) in [5, 5.41) is 11.2. The molecule has 2 aliphatic rings. The van der Waals surface area contributed by atoms with Crippen LogP contribution < -0.4 is 0 Å². The summed E-state index contributed by atoms with van der Waals surface area (Å²) in [6, 6.07) is 8.51. The van der Waals surface area contributed by atoms with Crippen LogP contribution in [-0.4, -0.2) is 28.5 Å². The van der Waals surface area contributed by atoms with Gasteiger partial charge in [-0.15, -0.1) is 0 Å². The first-order chi connectivity index (χ1) is 9.61. The molecule has 0 aliphatic carbocycles. The number of nitrogens with zero attached hydrogens (tertiary/aromatic N) is 2. The van der Waals surface area contributed by atoms with Crippen LogP contribution >= 0.6 is 0 Å². The van der Waals surface area contributed by atoms with Gasteiger partial charge in [0.1, 0.15) is 6.54 Å². The van der Waals surface area contributed by atoms with E-state index >= 15 is 0 Å². The molecule has 0 saturated carbocycles. The smallest absolute Gasteiger partial charge is 0.278 e. The van der Waals surface area contributed by atoms with E-state index in [2.05, 4.69) is 13.5 Å². The second-order valence-electron chi connectivity index (χ2n) is 6.39. The molecule has 20 heavy (non-hydrogen) atoms. The first-order valence-electron chi connectivity index (χ1n) is 7.50. The van der Waals surface area contributed by atoms with Crippen LogP contribution in [-0.2, 0) is 6.54 Å². The van der Waals surface area contributed by atoms with Crippen LogP contribution in [0.3, 0.4) is 0 Å². The van der Waals surface area contributed by atoms with Gasteiger partial charge in [0, 0.05) is 18.9 Å². The molecule has 0 aromatic heterocycles. The van der Waals surface area contributed by atoms with Crippen molar-refractivity contribution in [3.05, 3.63) is 46.4 Å². The summed E-state index contributed by atoms with van der Waals surface area (Å²) in [5.74, 6) is 0. The second-order valence-corrected chi connectivity index (χ2v) is 6.39. The van der Waals surface area contributed by atoms with Gasteiger partial charge in [-0.1, -0.05) is 12.1 Å². The van der Waals surface area contributed by atoms with Gasteiger partial charge in [0.05, 0.1) is 29.6 Å². The molecule has 2 atom stereocenters. The number of benzene rings is 1. The zero-order chi connectivity index (χ0) is 14.2. The zero-order valence-corrected chi connectivity index (χ0v) is 12.0. The van der Waals surface area contributed by atoms with E-state index in [1.54, 1.807) is 12.1 Å². The number of para-hydroxylation sites is 1. The lowest BCUT2D eigenvalue weighted by atomic mass is 9.81. The maximum absolute atomic E-state index is 11.2. The van der Waals surface area contributed by atoms with Crippen LogP contribution in [0.25, 0.3) is 0 Å². The number of hydrogen-bond donors (Lipinski definition) is 0. The van der Waals surface area contributed by atoms with E-state index in [9.17, 15) is 10.1 Å². The van der Waals surface area contributed by atoms with Crippen LogP contribution in [0.2, 0.25) is 0 Å². The fraction of sp³-hybridized carbons (Fsp3) is 0.562. The van der Waals surface area contributed by atoms with Crippen molar-refractivity contribution in [2.45, 2.75) is 50.7 Å². The maximum atomic E-state index is 11.2. The summed E-state index contributed by atoms with van der Waals surface area (Å²) in [4.78, 5) is 11.0. The Bertz CT molecular complexity index is 493. The third-order valence-electron chi connectivity index (χ3n) is 5.32. The third-order valence-corrected chi connectivity index (χ3v) is 5.32. The molecule has 107 valence electrons. The van der Waals surface area contributed by atoms with Crippen molar-refractivity contribution in [3.8, 4) is 0 Å². The van der Waals surface area contributed by atoms with E-state index in [1.165, 1.54) is 19.3 Å². The van der Waals surface area contributed by atoms with Gasteiger partial charge >= 0.3 is 0 Å². The van der Waals surface area contributed by atoms with E-state index in [1.807, 2.05) is 12.1 Å². The average molecular weight is 274 g/mol. The molecule has 2 fully saturated rings. The van der Waals surface area contributed by atoms with Gasteiger partial charge in [-0.25, -0.2) is 0 Å². The van der Waals surface area contributed by atoms with Crippen molar-refractivity contribution in [1.82, 2.24) is 0 Å². The highest BCUT2D eigenvalue weighted by molar-refractivity contribution is 5.39. The van der Waals surface area contributed by atoms with Gasteiger partial charge in [-0.3, -0.25) is 10.1 Å². The van der Waals surface area contributed by atoms with E-state index in [4.69, 9.17) is 0 Å². The van der Waals surface area contributed by atoms with Crippen LogP contribution in [0.5, 0.6) is 0 Å². The van der Waals surface area contributed by atoms with Crippen LogP contribution in [0.4, 0.5) is 5.69 Å². The Labute approximate surface area is 120 Å². The van der Waals surface area contributed by atoms with Gasteiger partial charge in [0.2, 0.25) is 0 Å². The molecule has 3 rings (SSSR count). The number of nitro groups is 1. The van der Waals surface area contributed by atoms with Crippen molar-refractivity contribution in [1.29, 1.82) is 0 Å². The maximum Gasteiger partial charge on any atom is 0.278 e. The minimum Gasteiger partial charge on any atom is -0.317 e. The zero-order valence-electron chi connectivity index (χ0n) is 12.0. The molecule has 0 N–H and O–H groups in total. The lowest BCUT2D eigenvalue weighted by molar-refractivity contribution is -0.976. The Kier molecular flexibility index (Phi) is 3.50. The molecule has 2 bridgehead atoms. The van der Waals surface area contributed by atoms with E-state index in [0.29, 0.717) is 12.1 Å². The fourth-order valence-electron chi connectivity index (χ4n) is 4.12. The van der Waals surface area contributed by atoms with Crippen molar-refractivity contribution in [3.63, 3.8) is 0 Å². The van der Waals surface area contributed by atoms with E-state index < -0.39 is 0 Å². The monoisotopic (exact) mass is 274 g/mol. The Morgan fingerprint density at radius 1 is 1.25 bits per heavy atom. The molecule has 4 heteroatoms. The number of rotatable bonds is 3. The third kappa shape index (κ3) is 2.22. The number of fused-ring (bicyclic) bond motifs is 2. The molecular weight excluding hydrogens is 252 g/mol. The fourth-order valence-corrected chi connectivity index (χ4v) is 4.12. The number of quaternary nitrogens is 1. The Morgan fingerprint density at radius 2 is 1.90 bits per heavy atom. The molecule has 2 heterocycles. The summed E-state index contributed by atoms with van der Waals surface area (Å²) >= 11 is 0. The average Bonchev–Trinajstić information content (AvgIpc) is 2.38. The lowest BCUT2D eigenvalue weighted by Crippen LogP contribution is -2.62. The number of piperidine rings is 2. The topological polar surface area (TPSA) is 43.1 Å². The van der Waals surface area contributed by atoms with Gasteiger partial charge < -0.3 is 4.48 Å². The molecular formula is C16H22N2O2+. The highest BCUT2D eigenvalue weighted by atomic mass is 16.6. The molecule has 2 saturated heterocycles. The standard InChI is InChI=1S/C16H22N2O2/c1-18(14-7-4-8-15(18)10-5-9-14)12-13-6-2-3-11-16(13)17(19)20/h2-4,6,11,14-15H,5,7-10,12H2,1H3/q+1. The summed E-state index contributed by atoms with van der Waals surface area (Å²) < 4.78 is 0.987. The molecule has 0 spiro atoms. The number of nitro benzene ring substituents is 1. The Hall–Kier alpha value is -1.42. The number of hydrogen-bond acceptors (Lipinski definition) is 2. The molecule has 1 aromatic carbocycles. The first-order valence-corrected chi connectivity index (χ1v) is 7.50. The SMILES string of the molecule is C[N+]1(Cc2ccccc2[N+](=O)[O-])C2C[CH]CC1CCC2. The van der Waals surface area contributed by atoms with Gasteiger partial charge in [0.15, 0.2) is 0 Å². The molecule has 1 aromatic rings. The van der Waals surface area contributed by atoms with Crippen molar-refractivity contribution in [2.75, 3.05) is 7.05 Å². The predicted octanol–water partition coefficient (Wildman–Crippen LogP) is 3.46. The molecule has 1 radical (unpaired) electrons. The van der Waals surface area contributed by atoms with Gasteiger partial charge in [0.25, 0.3) is 5.69 Å². The predicted molar refractivity (Wildman–Crippen MR) is 77.9 cm³/mol. The van der Waals surface area contributed by atoms with Crippen LogP contribution in [0.1, 0.15) is 37.7 Å². The lowest BCUT2D eigenvalue weighted by Gasteiger charge is -2.53. The second kappa shape index (κ2) is 5.17. The highest BCUT2D eigenvalue weighted by Gasteiger charge is 2.46. The minimum absolute atomic E-state index is 0.243. The van der Waals surface area contributed by atoms with E-state index in [-0.39, 0.29) is 10.6 Å². The summed E-state index contributed by atoms with van der Waals surface area (Å²) in [6.07, 6.45) is 8.57. The van der Waals surface area contributed by atoms with Gasteiger partial charge in [-0.2, -0.15) is 0 Å². The Morgan fingerprint density at radius 3 is 2.55 bits per heavy atom. The summed E-state index contributed by atoms with van der Waals surface area (Å²) in [5.41, 5.74) is 1.17. The summed E-state index contributed by atoms with van der Waals surface area (Å²) in [6.45, 7) is 0.792.